The lowest BCUT2D eigenvalue weighted by molar-refractivity contribution is 0.559. The van der Waals surface area contributed by atoms with E-state index in [9.17, 15) is 3.89 Å². The highest BCUT2D eigenvalue weighted by Crippen LogP contribution is 2.32. The fourth-order valence-corrected chi connectivity index (χ4v) is 0.676. The largest absolute Gasteiger partial charge is 0.299 e. The molecule has 2 aliphatic carbocycles. The molecule has 0 saturated carbocycles. The van der Waals surface area contributed by atoms with Crippen LogP contribution in [-0.2, 0) is 10.2 Å². The van der Waals surface area contributed by atoms with E-state index < -0.39 is 10.2 Å². The van der Waals surface area contributed by atoms with Crippen LogP contribution in [0, 0.1) is 0 Å². The quantitative estimate of drug-likeness (QED) is 0.568. The summed E-state index contributed by atoms with van der Waals surface area (Å²) in [6.45, 7) is 0. The van der Waals surface area contributed by atoms with Gasteiger partial charge in [0.05, 0.1) is 6.26 Å². The summed E-state index contributed by atoms with van der Waals surface area (Å²) in [6.07, 6.45) is 0.493. The SMILES string of the molecule is CS(=O)(=O)F.c1cc2cc-2c1. The Bertz CT molecular complexity index is 331. The third-order valence-corrected chi connectivity index (χ3v) is 1.11. The summed E-state index contributed by atoms with van der Waals surface area (Å²) in [5.74, 6) is 0. The van der Waals surface area contributed by atoms with E-state index in [1.165, 1.54) is 11.1 Å². The van der Waals surface area contributed by atoms with E-state index in [1.54, 1.807) is 0 Å². The van der Waals surface area contributed by atoms with Gasteiger partial charge in [0.1, 0.15) is 0 Å². The van der Waals surface area contributed by atoms with E-state index in [0.717, 1.165) is 0 Å². The molecule has 0 radical (unpaired) electrons. The van der Waals surface area contributed by atoms with Crippen molar-refractivity contribution in [1.82, 2.24) is 0 Å². The van der Waals surface area contributed by atoms with Crippen LogP contribution in [-0.4, -0.2) is 14.7 Å². The molecule has 0 aromatic carbocycles. The predicted octanol–water partition coefficient (Wildman–Crippen LogP) is 1.58. The molecule has 0 unspecified atom stereocenters. The van der Waals surface area contributed by atoms with Gasteiger partial charge in [-0.3, -0.25) is 0 Å². The van der Waals surface area contributed by atoms with Gasteiger partial charge in [0, 0.05) is 0 Å². The molecule has 60 valence electrons. The number of rotatable bonds is 0. The van der Waals surface area contributed by atoms with Crippen molar-refractivity contribution in [3.8, 4) is 11.1 Å². The lowest BCUT2D eigenvalue weighted by Crippen LogP contribution is -1.78. The number of benzene rings is 1. The van der Waals surface area contributed by atoms with Crippen molar-refractivity contribution in [2.24, 2.45) is 0 Å². The van der Waals surface area contributed by atoms with E-state index >= 15 is 0 Å². The summed E-state index contributed by atoms with van der Waals surface area (Å²) in [4.78, 5) is 0. The molecule has 0 aliphatic heterocycles. The topological polar surface area (TPSA) is 34.1 Å². The van der Waals surface area contributed by atoms with E-state index in [1.807, 2.05) is 0 Å². The van der Waals surface area contributed by atoms with E-state index in [-0.39, 0.29) is 0 Å². The first-order chi connectivity index (χ1) is 4.97. The Morgan fingerprint density at radius 3 is 1.73 bits per heavy atom. The van der Waals surface area contributed by atoms with Crippen molar-refractivity contribution < 1.29 is 12.3 Å². The van der Waals surface area contributed by atoms with Crippen LogP contribution in [0.2, 0.25) is 0 Å². The van der Waals surface area contributed by atoms with Crippen LogP contribution in [0.1, 0.15) is 0 Å². The first-order valence-corrected chi connectivity index (χ1v) is 4.76. The van der Waals surface area contributed by atoms with Crippen LogP contribution < -0.4 is 0 Å². The zero-order valence-corrected chi connectivity index (χ0v) is 6.73. The lowest BCUT2D eigenvalue weighted by atomic mass is 10.6. The molecule has 0 bridgehead atoms. The minimum atomic E-state index is -4.17. The number of halogens is 1. The highest BCUT2D eigenvalue weighted by Gasteiger charge is 2.06. The van der Waals surface area contributed by atoms with Crippen LogP contribution in [0.4, 0.5) is 3.89 Å². The Balaban J connectivity index is 0.000000114. The molecule has 0 N–H and O–H groups in total. The molecule has 0 fully saturated rings. The summed E-state index contributed by atoms with van der Waals surface area (Å²) in [5.41, 5.74) is 2.85. The molecule has 0 saturated heterocycles. The van der Waals surface area contributed by atoms with E-state index in [2.05, 4.69) is 24.3 Å². The minimum Gasteiger partial charge on any atom is -0.195 e. The van der Waals surface area contributed by atoms with Gasteiger partial charge in [0.25, 0.3) is 10.2 Å². The van der Waals surface area contributed by atoms with Gasteiger partial charge in [-0.15, -0.1) is 3.89 Å². The van der Waals surface area contributed by atoms with Crippen molar-refractivity contribution in [2.75, 3.05) is 6.26 Å². The van der Waals surface area contributed by atoms with Gasteiger partial charge in [-0.05, 0) is 17.2 Å². The standard InChI is InChI=1S/C6H4.CH3FO2S/c1-2-5-4-6(5)3-1;1-5(2,3)4/h1-4H;1H3. The smallest absolute Gasteiger partial charge is 0.195 e. The third kappa shape index (κ3) is 3.72. The number of hydrogen-bond acceptors (Lipinski definition) is 2. The van der Waals surface area contributed by atoms with Gasteiger partial charge in [0.2, 0.25) is 0 Å². The van der Waals surface area contributed by atoms with Crippen molar-refractivity contribution in [3.05, 3.63) is 24.3 Å². The normalized spacial score (nSPS) is 11.5. The Morgan fingerprint density at radius 2 is 1.64 bits per heavy atom. The van der Waals surface area contributed by atoms with Crippen molar-refractivity contribution in [2.45, 2.75) is 0 Å². The summed E-state index contributed by atoms with van der Waals surface area (Å²) < 4.78 is 28.6. The van der Waals surface area contributed by atoms with Crippen LogP contribution >= 0.6 is 0 Å². The molecule has 4 heteroatoms. The molecule has 0 aromatic heterocycles. The van der Waals surface area contributed by atoms with Crippen LogP contribution in [0.5, 0.6) is 0 Å². The molecule has 0 aromatic rings. The van der Waals surface area contributed by atoms with Gasteiger partial charge in [-0.25, -0.2) is 0 Å². The summed E-state index contributed by atoms with van der Waals surface area (Å²) in [6, 6.07) is 8.48. The fourth-order valence-electron chi connectivity index (χ4n) is 0.676. The van der Waals surface area contributed by atoms with Gasteiger partial charge in [0.15, 0.2) is 0 Å². The predicted molar refractivity (Wildman–Crippen MR) is 41.4 cm³/mol. The third-order valence-electron chi connectivity index (χ3n) is 1.11. The van der Waals surface area contributed by atoms with Crippen LogP contribution in [0.25, 0.3) is 11.1 Å². The first-order valence-electron chi connectivity index (χ1n) is 2.97. The van der Waals surface area contributed by atoms with Crippen molar-refractivity contribution in [1.29, 1.82) is 0 Å². The lowest BCUT2D eigenvalue weighted by Gasteiger charge is -1.63. The molecule has 0 heterocycles. The highest BCUT2D eigenvalue weighted by molar-refractivity contribution is 7.85. The van der Waals surface area contributed by atoms with E-state index in [0.29, 0.717) is 6.26 Å². The second kappa shape index (κ2) is 2.62. The molecule has 0 amide bonds. The molecule has 2 aliphatic rings. The monoisotopic (exact) mass is 174 g/mol. The second-order valence-electron chi connectivity index (χ2n) is 2.26. The van der Waals surface area contributed by atoms with Crippen molar-refractivity contribution >= 4 is 10.2 Å². The van der Waals surface area contributed by atoms with Crippen molar-refractivity contribution in [3.63, 3.8) is 0 Å². The molecular weight excluding hydrogens is 167 g/mol. The van der Waals surface area contributed by atoms with Gasteiger partial charge < -0.3 is 0 Å². The molecule has 0 spiro atoms. The zero-order chi connectivity index (χ0) is 8.48. The van der Waals surface area contributed by atoms with Gasteiger partial charge in [-0.1, -0.05) is 18.2 Å². The minimum absolute atomic E-state index is 0.493. The zero-order valence-electron chi connectivity index (χ0n) is 5.91. The number of fused-ring (bicyclic) bond motifs is 1. The van der Waals surface area contributed by atoms with Crippen LogP contribution in [0.3, 0.4) is 0 Å². The Hall–Kier alpha value is -0.900. The number of hydrogen-bond donors (Lipinski definition) is 0. The Kier molecular flexibility index (Phi) is 1.95. The average Bonchev–Trinajstić information content (AvgIpc) is 2.37. The maximum Gasteiger partial charge on any atom is 0.299 e. The highest BCUT2D eigenvalue weighted by atomic mass is 32.3. The average molecular weight is 174 g/mol. The Morgan fingerprint density at radius 1 is 1.27 bits per heavy atom. The fraction of sp³-hybridized carbons (Fsp3) is 0.143. The molecule has 11 heavy (non-hydrogen) atoms. The molecular formula is C7H7FO2S. The molecule has 0 atom stereocenters. The van der Waals surface area contributed by atoms with Gasteiger partial charge >= 0.3 is 0 Å². The van der Waals surface area contributed by atoms with Gasteiger partial charge in [-0.2, -0.15) is 8.42 Å². The maximum absolute atomic E-state index is 10.7. The van der Waals surface area contributed by atoms with Crippen LogP contribution in [0.15, 0.2) is 24.3 Å². The Labute approximate surface area is 64.9 Å². The summed E-state index contributed by atoms with van der Waals surface area (Å²) in [5, 5.41) is 0. The second-order valence-corrected chi connectivity index (χ2v) is 3.63. The summed E-state index contributed by atoms with van der Waals surface area (Å²) >= 11 is 0. The maximum atomic E-state index is 10.7. The first kappa shape index (κ1) is 8.20. The van der Waals surface area contributed by atoms with E-state index in [4.69, 9.17) is 8.42 Å². The molecule has 2 nitrogen and oxygen atoms in total. The summed E-state index contributed by atoms with van der Waals surface area (Å²) in [7, 11) is -4.17. The molecule has 2 rings (SSSR count).